The normalized spacial score (nSPS) is 30.9. The Morgan fingerprint density at radius 1 is 1.33 bits per heavy atom. The van der Waals surface area contributed by atoms with Crippen LogP contribution in [0.2, 0.25) is 0 Å². The Morgan fingerprint density at radius 2 is 2.08 bits per heavy atom. The van der Waals surface area contributed by atoms with Crippen LogP contribution in [-0.4, -0.2) is 58.2 Å². The molecule has 7 heteroatoms. The van der Waals surface area contributed by atoms with Gasteiger partial charge in [-0.15, -0.1) is 0 Å². The van der Waals surface area contributed by atoms with Crippen molar-refractivity contribution in [1.29, 1.82) is 0 Å². The highest BCUT2D eigenvalue weighted by atomic mass is 16.4. The Balaban J connectivity index is 1.56. The predicted octanol–water partition coefficient (Wildman–Crippen LogP) is 1.13. The number of aliphatic carboxylic acids is 1. The lowest BCUT2D eigenvalue weighted by Crippen LogP contribution is -2.42. The smallest absolute Gasteiger partial charge is 0.313 e. The Hall–Kier alpha value is -1.89. The van der Waals surface area contributed by atoms with Gasteiger partial charge in [0.1, 0.15) is 11.2 Å². The van der Waals surface area contributed by atoms with Crippen LogP contribution in [0.15, 0.2) is 6.20 Å². The van der Waals surface area contributed by atoms with Crippen molar-refractivity contribution in [2.45, 2.75) is 38.6 Å². The van der Waals surface area contributed by atoms with Gasteiger partial charge in [0.15, 0.2) is 0 Å². The second-order valence-corrected chi connectivity index (χ2v) is 7.64. The first kappa shape index (κ1) is 15.6. The Bertz CT molecular complexity index is 660. The van der Waals surface area contributed by atoms with E-state index < -0.39 is 11.4 Å². The molecule has 1 aliphatic carbocycles. The van der Waals surface area contributed by atoms with Crippen LogP contribution in [0.1, 0.15) is 31.2 Å². The van der Waals surface area contributed by atoms with E-state index in [1.165, 1.54) is 25.7 Å². The Kier molecular flexibility index (Phi) is 3.63. The summed E-state index contributed by atoms with van der Waals surface area (Å²) in [6.45, 7) is 4.55. The van der Waals surface area contributed by atoms with E-state index in [1.807, 2.05) is 11.8 Å². The third-order valence-electron chi connectivity index (χ3n) is 6.18. The molecule has 0 aromatic carbocycles. The number of fused-ring (bicyclic) bond motifs is 1. The van der Waals surface area contributed by atoms with E-state index in [2.05, 4.69) is 14.9 Å². The lowest BCUT2D eigenvalue weighted by molar-refractivity contribution is -0.148. The minimum atomic E-state index is -0.703. The summed E-state index contributed by atoms with van der Waals surface area (Å²) in [6, 6.07) is 0.576. The van der Waals surface area contributed by atoms with Crippen molar-refractivity contribution in [3.63, 3.8) is 0 Å². The van der Waals surface area contributed by atoms with Gasteiger partial charge in [0.05, 0.1) is 0 Å². The van der Waals surface area contributed by atoms with Crippen LogP contribution in [0.4, 0.5) is 11.8 Å². The number of rotatable bonds is 3. The fourth-order valence-electron chi connectivity index (χ4n) is 4.70. The van der Waals surface area contributed by atoms with E-state index in [4.69, 9.17) is 5.73 Å². The van der Waals surface area contributed by atoms with Gasteiger partial charge in [0.2, 0.25) is 5.95 Å². The molecule has 2 saturated heterocycles. The highest BCUT2D eigenvalue weighted by Gasteiger charge is 2.59. The fraction of sp³-hybridized carbons (Fsp3) is 0.706. The summed E-state index contributed by atoms with van der Waals surface area (Å²) in [4.78, 5) is 25.3. The quantitative estimate of drug-likeness (QED) is 0.857. The molecular weight excluding hydrogens is 306 g/mol. The molecule has 2 aliphatic heterocycles. The number of carboxylic acid groups (broad SMARTS) is 1. The first-order valence-corrected chi connectivity index (χ1v) is 8.81. The summed E-state index contributed by atoms with van der Waals surface area (Å²) in [5.41, 5.74) is 6.04. The average Bonchev–Trinajstić information content (AvgIpc) is 3.22. The third kappa shape index (κ3) is 2.33. The molecule has 7 nitrogen and oxygen atoms in total. The number of likely N-dealkylation sites (tertiary alicyclic amines) is 1. The number of carbonyl (C=O) groups is 1. The molecule has 4 rings (SSSR count). The lowest BCUT2D eigenvalue weighted by atomic mass is 9.81. The third-order valence-corrected chi connectivity index (χ3v) is 6.18. The molecule has 3 aliphatic rings. The minimum absolute atomic E-state index is 0.127. The number of aromatic nitrogens is 2. The number of aryl methyl sites for hydroxylation is 1. The number of hydrogen-bond donors (Lipinski definition) is 2. The molecule has 130 valence electrons. The van der Waals surface area contributed by atoms with Crippen molar-refractivity contribution in [3.8, 4) is 0 Å². The summed E-state index contributed by atoms with van der Waals surface area (Å²) in [6.07, 6.45) is 6.68. The van der Waals surface area contributed by atoms with Gasteiger partial charge in [0.25, 0.3) is 0 Å². The van der Waals surface area contributed by atoms with Crippen LogP contribution in [0.25, 0.3) is 0 Å². The first-order valence-electron chi connectivity index (χ1n) is 8.81. The van der Waals surface area contributed by atoms with Crippen LogP contribution < -0.4 is 10.6 Å². The molecule has 1 aromatic heterocycles. The summed E-state index contributed by atoms with van der Waals surface area (Å²) in [7, 11) is 0. The maximum absolute atomic E-state index is 12.1. The number of anilines is 2. The number of nitrogens with zero attached hydrogens (tertiary/aromatic N) is 4. The monoisotopic (exact) mass is 331 g/mol. The molecule has 2 atom stereocenters. The zero-order valence-electron chi connectivity index (χ0n) is 14.1. The Labute approximate surface area is 141 Å². The highest BCUT2D eigenvalue weighted by molar-refractivity contribution is 5.78. The molecule has 3 N–H and O–H groups in total. The molecule has 24 heavy (non-hydrogen) atoms. The van der Waals surface area contributed by atoms with Gasteiger partial charge in [0, 0.05) is 49.9 Å². The molecule has 1 aromatic rings. The lowest BCUT2D eigenvalue weighted by Gasteiger charge is -2.28. The van der Waals surface area contributed by atoms with E-state index in [9.17, 15) is 9.90 Å². The molecule has 0 spiro atoms. The van der Waals surface area contributed by atoms with Gasteiger partial charge >= 0.3 is 5.97 Å². The SMILES string of the molecule is Cc1cnc(N2C[C@@H]3CN(C4CCCC4)C[C@]3(C(=O)O)C2)nc1N. The Morgan fingerprint density at radius 3 is 2.71 bits per heavy atom. The maximum atomic E-state index is 12.1. The molecule has 0 unspecified atom stereocenters. The maximum Gasteiger partial charge on any atom is 0.313 e. The van der Waals surface area contributed by atoms with E-state index in [0.717, 1.165) is 12.1 Å². The average molecular weight is 331 g/mol. The first-order chi connectivity index (χ1) is 11.5. The highest BCUT2D eigenvalue weighted by Crippen LogP contribution is 2.45. The van der Waals surface area contributed by atoms with Crippen molar-refractivity contribution in [3.05, 3.63) is 11.8 Å². The van der Waals surface area contributed by atoms with Crippen LogP contribution in [0.3, 0.4) is 0 Å². The summed E-state index contributed by atoms with van der Waals surface area (Å²) < 4.78 is 0. The number of carboxylic acids is 1. The van der Waals surface area contributed by atoms with E-state index >= 15 is 0 Å². The van der Waals surface area contributed by atoms with Gasteiger partial charge < -0.3 is 15.7 Å². The largest absolute Gasteiger partial charge is 0.481 e. The number of nitrogens with two attached hydrogens (primary N) is 1. The summed E-state index contributed by atoms with van der Waals surface area (Å²) >= 11 is 0. The topological polar surface area (TPSA) is 95.6 Å². The molecule has 3 heterocycles. The predicted molar refractivity (Wildman–Crippen MR) is 90.8 cm³/mol. The molecule has 0 bridgehead atoms. The van der Waals surface area contributed by atoms with Crippen molar-refractivity contribution in [2.24, 2.45) is 11.3 Å². The van der Waals surface area contributed by atoms with Gasteiger partial charge in [-0.1, -0.05) is 12.8 Å². The molecule has 0 amide bonds. The fourth-order valence-corrected chi connectivity index (χ4v) is 4.70. The van der Waals surface area contributed by atoms with E-state index in [1.54, 1.807) is 6.20 Å². The van der Waals surface area contributed by atoms with Gasteiger partial charge in [-0.25, -0.2) is 4.98 Å². The summed E-state index contributed by atoms with van der Waals surface area (Å²) in [5, 5.41) is 9.98. The van der Waals surface area contributed by atoms with Gasteiger partial charge in [-0.05, 0) is 19.8 Å². The molecular formula is C17H25N5O2. The van der Waals surface area contributed by atoms with Gasteiger partial charge in [-0.3, -0.25) is 9.69 Å². The molecule has 3 fully saturated rings. The molecule has 1 saturated carbocycles. The van der Waals surface area contributed by atoms with Crippen LogP contribution >= 0.6 is 0 Å². The number of hydrogen-bond acceptors (Lipinski definition) is 6. The zero-order chi connectivity index (χ0) is 16.9. The van der Waals surface area contributed by atoms with E-state index in [-0.39, 0.29) is 5.92 Å². The number of nitrogen functional groups attached to an aromatic ring is 1. The van der Waals surface area contributed by atoms with Crippen molar-refractivity contribution in [2.75, 3.05) is 36.8 Å². The molecule has 0 radical (unpaired) electrons. The van der Waals surface area contributed by atoms with Crippen LogP contribution in [0.5, 0.6) is 0 Å². The van der Waals surface area contributed by atoms with E-state index in [0.29, 0.717) is 37.4 Å². The van der Waals surface area contributed by atoms with Gasteiger partial charge in [-0.2, -0.15) is 4.98 Å². The standard InChI is InChI=1S/C17H25N5O2/c1-11-6-19-16(20-14(11)18)22-8-12-7-21(13-4-2-3-5-13)9-17(12,10-22)15(23)24/h6,12-13H,2-5,7-10H2,1H3,(H,23,24)(H2,18,19,20)/t12-,17-/m0/s1. The minimum Gasteiger partial charge on any atom is -0.481 e. The second kappa shape index (κ2) is 5.58. The zero-order valence-corrected chi connectivity index (χ0v) is 14.1. The van der Waals surface area contributed by atoms with Crippen LogP contribution in [-0.2, 0) is 4.79 Å². The van der Waals surface area contributed by atoms with Crippen molar-refractivity contribution >= 4 is 17.7 Å². The van der Waals surface area contributed by atoms with Crippen LogP contribution in [0, 0.1) is 18.3 Å². The van der Waals surface area contributed by atoms with Crippen molar-refractivity contribution < 1.29 is 9.90 Å². The second-order valence-electron chi connectivity index (χ2n) is 7.64. The van der Waals surface area contributed by atoms with Crippen molar-refractivity contribution in [1.82, 2.24) is 14.9 Å². The summed E-state index contributed by atoms with van der Waals surface area (Å²) in [5.74, 6) is 0.465.